The van der Waals surface area contributed by atoms with Crippen LogP contribution in [0.15, 0.2) is 48.7 Å². The number of pyridine rings is 1. The first-order valence-electron chi connectivity index (χ1n) is 8.68. The van der Waals surface area contributed by atoms with Crippen LogP contribution in [0, 0.1) is 0 Å². The molecule has 146 valence electrons. The van der Waals surface area contributed by atoms with Crippen molar-refractivity contribution in [1.82, 2.24) is 15.2 Å². The lowest BCUT2D eigenvalue weighted by molar-refractivity contribution is -0.137. The molecule has 7 heteroatoms. The Hall–Kier alpha value is -2.57. The van der Waals surface area contributed by atoms with Crippen LogP contribution in [-0.4, -0.2) is 28.0 Å². The molecule has 1 aliphatic rings. The van der Waals surface area contributed by atoms with Gasteiger partial charge in [0.25, 0.3) is 0 Å². The van der Waals surface area contributed by atoms with Gasteiger partial charge in [-0.25, -0.2) is 4.79 Å². The van der Waals surface area contributed by atoms with Crippen LogP contribution < -0.4 is 5.32 Å². The van der Waals surface area contributed by atoms with E-state index in [1.165, 1.54) is 17.7 Å². The van der Waals surface area contributed by atoms with Gasteiger partial charge < -0.3 is 10.2 Å². The van der Waals surface area contributed by atoms with Crippen LogP contribution in [-0.2, 0) is 19.1 Å². The monoisotopic (exact) mass is 379 g/mol. The summed E-state index contributed by atoms with van der Waals surface area (Å²) in [6.45, 7) is 7.34. The lowest BCUT2D eigenvalue weighted by Crippen LogP contribution is -2.49. The molecule has 2 amide bonds. The number of aromatic nitrogens is 1. The Morgan fingerprint density at radius 3 is 2.30 bits per heavy atom. The van der Waals surface area contributed by atoms with Gasteiger partial charge in [0.2, 0.25) is 0 Å². The number of amides is 2. The number of alkyl halides is 3. The quantitative estimate of drug-likeness (QED) is 0.724. The molecule has 0 atom stereocenters. The SMILES string of the molecule is CC(C)(C)NC(=O)N1CCc2cccnc2C1.FC(F)(F)c1ccccc1. The minimum Gasteiger partial charge on any atom is -0.333 e. The second-order valence-corrected chi connectivity index (χ2v) is 7.32. The van der Waals surface area contributed by atoms with E-state index in [1.807, 2.05) is 31.7 Å². The molecular formula is C20H24F3N3O. The van der Waals surface area contributed by atoms with E-state index in [0.29, 0.717) is 6.54 Å². The summed E-state index contributed by atoms with van der Waals surface area (Å²) in [6, 6.07) is 10.4. The van der Waals surface area contributed by atoms with Gasteiger partial charge in [-0.3, -0.25) is 4.98 Å². The highest BCUT2D eigenvalue weighted by atomic mass is 19.4. The smallest absolute Gasteiger partial charge is 0.333 e. The average molecular weight is 379 g/mol. The number of rotatable bonds is 0. The van der Waals surface area contributed by atoms with E-state index >= 15 is 0 Å². The maximum atomic E-state index is 12.0. The van der Waals surface area contributed by atoms with Gasteiger partial charge in [0.05, 0.1) is 17.8 Å². The van der Waals surface area contributed by atoms with Crippen LogP contribution in [0.5, 0.6) is 0 Å². The fourth-order valence-corrected chi connectivity index (χ4v) is 2.56. The van der Waals surface area contributed by atoms with Crippen LogP contribution in [0.1, 0.15) is 37.6 Å². The van der Waals surface area contributed by atoms with Gasteiger partial charge in [0, 0.05) is 18.3 Å². The summed E-state index contributed by atoms with van der Waals surface area (Å²) >= 11 is 0. The second kappa shape index (κ2) is 8.41. The van der Waals surface area contributed by atoms with Crippen LogP contribution in [0.3, 0.4) is 0 Å². The van der Waals surface area contributed by atoms with Crippen molar-refractivity contribution in [3.63, 3.8) is 0 Å². The van der Waals surface area contributed by atoms with Gasteiger partial charge in [0.15, 0.2) is 0 Å². The van der Waals surface area contributed by atoms with Crippen LogP contribution in [0.25, 0.3) is 0 Å². The maximum Gasteiger partial charge on any atom is 0.416 e. The fourth-order valence-electron chi connectivity index (χ4n) is 2.56. The minimum atomic E-state index is -4.21. The number of nitrogens with one attached hydrogen (secondary N) is 1. The Bertz CT molecular complexity index is 755. The Balaban J connectivity index is 0.000000223. The molecule has 0 saturated carbocycles. The highest BCUT2D eigenvalue weighted by molar-refractivity contribution is 5.75. The molecule has 2 heterocycles. The molecule has 1 N–H and O–H groups in total. The first-order valence-corrected chi connectivity index (χ1v) is 8.68. The predicted octanol–water partition coefficient (Wildman–Crippen LogP) is 4.65. The maximum absolute atomic E-state index is 12.0. The Kier molecular flexibility index (Phi) is 6.46. The topological polar surface area (TPSA) is 45.2 Å². The molecule has 0 fully saturated rings. The first-order chi connectivity index (χ1) is 12.6. The number of carbonyl (C=O) groups is 1. The standard InChI is InChI=1S/C13H19N3O.C7H5F3/c1-13(2,3)15-12(17)16-8-6-10-5-4-7-14-11(10)9-16;8-7(9,10)6-4-2-1-3-5-6/h4-5,7H,6,8-9H2,1-3H3,(H,15,17);1-5H. The third kappa shape index (κ3) is 6.58. The summed E-state index contributed by atoms with van der Waals surface area (Å²) in [5.74, 6) is 0. The summed E-state index contributed by atoms with van der Waals surface area (Å²) < 4.78 is 35.4. The molecule has 0 aliphatic carbocycles. The summed E-state index contributed by atoms with van der Waals surface area (Å²) in [4.78, 5) is 18.2. The van der Waals surface area contributed by atoms with Crippen molar-refractivity contribution in [2.45, 2.75) is 45.5 Å². The summed E-state index contributed by atoms with van der Waals surface area (Å²) in [5, 5.41) is 2.98. The van der Waals surface area contributed by atoms with Gasteiger partial charge >= 0.3 is 12.2 Å². The number of nitrogens with zero attached hydrogens (tertiary/aromatic N) is 2. The van der Waals surface area contributed by atoms with E-state index in [1.54, 1.807) is 12.3 Å². The van der Waals surface area contributed by atoms with E-state index in [-0.39, 0.29) is 11.6 Å². The van der Waals surface area contributed by atoms with Crippen molar-refractivity contribution in [1.29, 1.82) is 0 Å². The third-order valence-electron chi connectivity index (χ3n) is 3.85. The molecule has 0 spiro atoms. The molecule has 3 rings (SSSR count). The second-order valence-electron chi connectivity index (χ2n) is 7.32. The van der Waals surface area contributed by atoms with Crippen LogP contribution >= 0.6 is 0 Å². The van der Waals surface area contributed by atoms with Gasteiger partial charge in [-0.15, -0.1) is 0 Å². The summed E-state index contributed by atoms with van der Waals surface area (Å²) in [6.07, 6.45) is -1.54. The minimum absolute atomic E-state index is 0.00574. The number of fused-ring (bicyclic) bond motifs is 1. The third-order valence-corrected chi connectivity index (χ3v) is 3.85. The number of carbonyl (C=O) groups excluding carboxylic acids is 1. The van der Waals surface area contributed by atoms with Crippen molar-refractivity contribution in [2.24, 2.45) is 0 Å². The van der Waals surface area contributed by atoms with Crippen molar-refractivity contribution in [3.05, 3.63) is 65.5 Å². The van der Waals surface area contributed by atoms with Gasteiger partial charge in [-0.2, -0.15) is 13.2 Å². The zero-order valence-electron chi connectivity index (χ0n) is 15.7. The van der Waals surface area contributed by atoms with E-state index in [0.717, 1.165) is 30.8 Å². The Morgan fingerprint density at radius 2 is 1.74 bits per heavy atom. The summed E-state index contributed by atoms with van der Waals surface area (Å²) in [5.41, 5.74) is 1.48. The molecule has 0 radical (unpaired) electrons. The molecule has 0 unspecified atom stereocenters. The number of hydrogen-bond acceptors (Lipinski definition) is 2. The number of benzene rings is 1. The zero-order chi connectivity index (χ0) is 20.1. The van der Waals surface area contributed by atoms with E-state index in [4.69, 9.17) is 0 Å². The molecule has 2 aromatic rings. The fraction of sp³-hybridized carbons (Fsp3) is 0.400. The van der Waals surface area contributed by atoms with Gasteiger partial charge in [-0.05, 0) is 38.8 Å². The molecule has 0 bridgehead atoms. The molecule has 4 nitrogen and oxygen atoms in total. The molecule has 27 heavy (non-hydrogen) atoms. The van der Waals surface area contributed by atoms with Crippen LogP contribution in [0.2, 0.25) is 0 Å². The average Bonchev–Trinajstić information content (AvgIpc) is 2.60. The van der Waals surface area contributed by atoms with Crippen molar-refractivity contribution in [2.75, 3.05) is 6.54 Å². The van der Waals surface area contributed by atoms with Gasteiger partial charge in [-0.1, -0.05) is 36.4 Å². The zero-order valence-corrected chi connectivity index (χ0v) is 15.7. The Labute approximate surface area is 157 Å². The van der Waals surface area contributed by atoms with Crippen molar-refractivity contribution < 1.29 is 18.0 Å². The van der Waals surface area contributed by atoms with Crippen molar-refractivity contribution >= 4 is 6.03 Å². The van der Waals surface area contributed by atoms with E-state index in [2.05, 4.69) is 16.4 Å². The highest BCUT2D eigenvalue weighted by Gasteiger charge is 2.29. The molecular weight excluding hydrogens is 355 g/mol. The number of hydrogen-bond donors (Lipinski definition) is 1. The lowest BCUT2D eigenvalue weighted by Gasteiger charge is -2.31. The molecule has 1 aromatic heterocycles. The summed E-state index contributed by atoms with van der Waals surface area (Å²) in [7, 11) is 0. The van der Waals surface area contributed by atoms with Crippen LogP contribution in [0.4, 0.5) is 18.0 Å². The lowest BCUT2D eigenvalue weighted by atomic mass is 10.1. The van der Waals surface area contributed by atoms with Gasteiger partial charge in [0.1, 0.15) is 0 Å². The number of halogens is 3. The normalized spacial score (nSPS) is 13.9. The first kappa shape index (κ1) is 20.7. The molecule has 1 aromatic carbocycles. The van der Waals surface area contributed by atoms with E-state index in [9.17, 15) is 18.0 Å². The number of urea groups is 1. The molecule has 1 aliphatic heterocycles. The highest BCUT2D eigenvalue weighted by Crippen LogP contribution is 2.28. The largest absolute Gasteiger partial charge is 0.416 e. The predicted molar refractivity (Wildman–Crippen MR) is 98.1 cm³/mol. The Morgan fingerprint density at radius 1 is 1.07 bits per heavy atom. The van der Waals surface area contributed by atoms with Crippen molar-refractivity contribution in [3.8, 4) is 0 Å². The molecule has 0 saturated heterocycles. The van der Waals surface area contributed by atoms with E-state index < -0.39 is 11.7 Å².